The number of nitrogens with one attached hydrogen (secondary N) is 4. The molecule has 0 atom stereocenters. The Morgan fingerprint density at radius 3 is 2.54 bits per heavy atom. The van der Waals surface area contributed by atoms with E-state index < -0.39 is 10.0 Å². The first kappa shape index (κ1) is 22.7. The zero-order chi connectivity index (χ0) is 20.4. The van der Waals surface area contributed by atoms with Gasteiger partial charge in [0.2, 0.25) is 10.0 Å². The fourth-order valence-electron chi connectivity index (χ4n) is 2.70. The van der Waals surface area contributed by atoms with Gasteiger partial charge in [0.05, 0.1) is 36.9 Å². The second kappa shape index (κ2) is 11.4. The third-order valence-corrected chi connectivity index (χ3v) is 6.13. The van der Waals surface area contributed by atoms with Crippen LogP contribution in [-0.4, -0.2) is 65.2 Å². The van der Waals surface area contributed by atoms with E-state index in [1.54, 1.807) is 24.3 Å². The second-order valence-corrected chi connectivity index (χ2v) is 8.77. The number of hydrogen-bond donors (Lipinski definition) is 4. The van der Waals surface area contributed by atoms with Crippen molar-refractivity contribution in [2.45, 2.75) is 25.2 Å². The minimum absolute atomic E-state index is 0.244. The number of hydrogen-bond acceptors (Lipinski definition) is 5. The van der Waals surface area contributed by atoms with Gasteiger partial charge in [-0.1, -0.05) is 19.1 Å². The molecule has 1 saturated heterocycles. The van der Waals surface area contributed by atoms with Gasteiger partial charge in [-0.05, 0) is 43.3 Å². The van der Waals surface area contributed by atoms with E-state index in [1.165, 1.54) is 4.90 Å². The molecule has 1 aliphatic heterocycles. The Labute approximate surface area is 172 Å². The molecule has 8 nitrogen and oxygen atoms in total. The van der Waals surface area contributed by atoms with E-state index in [9.17, 15) is 8.42 Å². The van der Waals surface area contributed by atoms with Crippen molar-refractivity contribution in [1.29, 1.82) is 0 Å². The maximum absolute atomic E-state index is 12.1. The average Bonchev–Trinajstić information content (AvgIpc) is 2.71. The molecule has 4 N–H and O–H groups in total. The number of rotatable bonds is 9. The van der Waals surface area contributed by atoms with Crippen molar-refractivity contribution in [3.05, 3.63) is 29.8 Å². The zero-order valence-corrected chi connectivity index (χ0v) is 18.1. The molecule has 0 bridgehead atoms. The van der Waals surface area contributed by atoms with Crippen molar-refractivity contribution < 1.29 is 18.1 Å². The minimum atomic E-state index is -3.46. The average molecular weight is 429 g/mol. The highest BCUT2D eigenvalue weighted by Gasteiger charge is 2.14. The van der Waals surface area contributed by atoms with Gasteiger partial charge in [0.15, 0.2) is 5.11 Å². The predicted octanol–water partition coefficient (Wildman–Crippen LogP) is -0.522. The number of hydrazone groups is 1. The van der Waals surface area contributed by atoms with Crippen LogP contribution in [0.15, 0.2) is 34.3 Å². The van der Waals surface area contributed by atoms with Crippen LogP contribution in [0.2, 0.25) is 0 Å². The Morgan fingerprint density at radius 1 is 1.21 bits per heavy atom. The van der Waals surface area contributed by atoms with Gasteiger partial charge in [-0.3, -0.25) is 5.43 Å². The summed E-state index contributed by atoms with van der Waals surface area (Å²) in [6, 6.07) is 6.63. The van der Waals surface area contributed by atoms with Crippen molar-refractivity contribution in [2.24, 2.45) is 5.10 Å². The Hall–Kier alpha value is -1.59. The lowest BCUT2D eigenvalue weighted by Gasteiger charge is -2.23. The lowest BCUT2D eigenvalue weighted by atomic mass is 10.1. The summed E-state index contributed by atoms with van der Waals surface area (Å²) >= 11 is 5.25. The van der Waals surface area contributed by atoms with Crippen molar-refractivity contribution in [1.82, 2.24) is 15.5 Å². The molecule has 2 rings (SSSR count). The summed E-state index contributed by atoms with van der Waals surface area (Å²) in [5.41, 5.74) is 4.37. The summed E-state index contributed by atoms with van der Waals surface area (Å²) < 4.78 is 32.1. The number of morpholine rings is 1. The first-order chi connectivity index (χ1) is 13.4. The highest BCUT2D eigenvalue weighted by molar-refractivity contribution is 7.89. The molecular formula is C18H30N5O3S2+. The van der Waals surface area contributed by atoms with Crippen molar-refractivity contribution in [3.8, 4) is 0 Å². The molecule has 0 radical (unpaired) electrons. The van der Waals surface area contributed by atoms with Gasteiger partial charge in [0, 0.05) is 6.54 Å². The van der Waals surface area contributed by atoms with Crippen LogP contribution in [0.25, 0.3) is 0 Å². The number of thiocarbonyl (C=S) groups is 1. The van der Waals surface area contributed by atoms with Gasteiger partial charge in [0.1, 0.15) is 13.1 Å². The number of sulfonamides is 1. The fraction of sp³-hybridized carbons (Fsp3) is 0.556. The fourth-order valence-corrected chi connectivity index (χ4v) is 3.98. The lowest BCUT2D eigenvalue weighted by molar-refractivity contribution is -0.906. The van der Waals surface area contributed by atoms with Crippen LogP contribution in [0.4, 0.5) is 0 Å². The molecule has 0 amide bonds. The highest BCUT2D eigenvalue weighted by Crippen LogP contribution is 2.11. The summed E-state index contributed by atoms with van der Waals surface area (Å²) in [6.07, 6.45) is 0.746. The van der Waals surface area contributed by atoms with Crippen molar-refractivity contribution in [2.75, 3.05) is 45.9 Å². The summed E-state index contributed by atoms with van der Waals surface area (Å²) in [4.78, 5) is 1.75. The quantitative estimate of drug-likeness (QED) is 0.240. The van der Waals surface area contributed by atoms with Crippen LogP contribution in [0, 0.1) is 0 Å². The number of nitrogens with zero attached hydrogens (tertiary/aromatic N) is 1. The first-order valence-corrected chi connectivity index (χ1v) is 11.4. The number of benzene rings is 1. The molecule has 0 aromatic heterocycles. The third-order valence-electron chi connectivity index (χ3n) is 4.41. The maximum Gasteiger partial charge on any atom is 0.240 e. The van der Waals surface area contributed by atoms with Crippen molar-refractivity contribution in [3.63, 3.8) is 0 Å². The van der Waals surface area contributed by atoms with Gasteiger partial charge >= 0.3 is 0 Å². The molecule has 0 spiro atoms. The molecule has 1 heterocycles. The number of quaternary nitrogens is 1. The molecule has 1 aromatic rings. The Balaban J connectivity index is 1.81. The molecular weight excluding hydrogens is 398 g/mol. The zero-order valence-electron chi connectivity index (χ0n) is 16.5. The van der Waals surface area contributed by atoms with E-state index in [-0.39, 0.29) is 4.90 Å². The second-order valence-electron chi connectivity index (χ2n) is 6.60. The smallest absolute Gasteiger partial charge is 0.240 e. The molecule has 1 aromatic carbocycles. The van der Waals surface area contributed by atoms with E-state index >= 15 is 0 Å². The standard InChI is InChI=1S/C18H29N5O3S2/c1-3-8-20-28(24,25)17-6-4-16(5-7-17)15(2)21-22-18(27)19-9-10-23-11-13-26-14-12-23/h4-7,20H,3,8-14H2,1-2H3,(H2,19,22,27)/p+1/b21-15-. The third kappa shape index (κ3) is 7.44. The van der Waals surface area contributed by atoms with Crippen LogP contribution in [0.3, 0.4) is 0 Å². The first-order valence-electron chi connectivity index (χ1n) is 9.52. The van der Waals surface area contributed by atoms with E-state index in [1.807, 2.05) is 13.8 Å². The molecule has 0 unspecified atom stereocenters. The molecule has 156 valence electrons. The minimum Gasteiger partial charge on any atom is -0.370 e. The van der Waals surface area contributed by atoms with Gasteiger partial charge in [-0.25, -0.2) is 13.1 Å². The van der Waals surface area contributed by atoms with E-state index in [0.717, 1.165) is 51.4 Å². The Kier molecular flexibility index (Phi) is 9.26. The normalized spacial score (nSPS) is 16.0. The molecule has 10 heteroatoms. The van der Waals surface area contributed by atoms with Gasteiger partial charge < -0.3 is 15.0 Å². The highest BCUT2D eigenvalue weighted by atomic mass is 32.2. The van der Waals surface area contributed by atoms with Crippen LogP contribution in [0.5, 0.6) is 0 Å². The number of ether oxygens (including phenoxy) is 1. The van der Waals surface area contributed by atoms with E-state index in [2.05, 4.69) is 20.6 Å². The van der Waals surface area contributed by atoms with Crippen LogP contribution in [-0.2, 0) is 14.8 Å². The largest absolute Gasteiger partial charge is 0.370 e. The lowest BCUT2D eigenvalue weighted by Crippen LogP contribution is -3.14. The van der Waals surface area contributed by atoms with E-state index in [4.69, 9.17) is 17.0 Å². The summed E-state index contributed by atoms with van der Waals surface area (Å²) in [5.74, 6) is 0. The molecule has 28 heavy (non-hydrogen) atoms. The van der Waals surface area contributed by atoms with Gasteiger partial charge in [0.25, 0.3) is 0 Å². The van der Waals surface area contributed by atoms with Crippen LogP contribution >= 0.6 is 12.2 Å². The van der Waals surface area contributed by atoms with E-state index in [0.29, 0.717) is 17.4 Å². The Morgan fingerprint density at radius 2 is 1.89 bits per heavy atom. The monoisotopic (exact) mass is 428 g/mol. The Bertz CT molecular complexity index is 760. The topological polar surface area (TPSA) is 96.3 Å². The molecule has 0 saturated carbocycles. The van der Waals surface area contributed by atoms with Crippen LogP contribution in [0.1, 0.15) is 25.8 Å². The summed E-state index contributed by atoms with van der Waals surface area (Å²) in [7, 11) is -3.46. The SMILES string of the molecule is CCCNS(=O)(=O)c1ccc(/C(C)=N\NC(=S)NCC[NH+]2CCOCC2)cc1. The molecule has 1 fully saturated rings. The summed E-state index contributed by atoms with van der Waals surface area (Å²) in [5, 5.41) is 7.89. The van der Waals surface area contributed by atoms with Crippen molar-refractivity contribution >= 4 is 33.1 Å². The predicted molar refractivity (Wildman–Crippen MR) is 114 cm³/mol. The van der Waals surface area contributed by atoms with Crippen LogP contribution < -0.4 is 20.4 Å². The summed E-state index contributed by atoms with van der Waals surface area (Å²) in [6.45, 7) is 9.62. The molecule has 1 aliphatic rings. The van der Waals surface area contributed by atoms with Gasteiger partial charge in [-0.15, -0.1) is 0 Å². The maximum atomic E-state index is 12.1. The van der Waals surface area contributed by atoms with Gasteiger partial charge in [-0.2, -0.15) is 5.10 Å². The molecule has 0 aliphatic carbocycles.